The maximum Gasteiger partial charge on any atom is 0.340 e. The molecule has 0 radical (unpaired) electrons. The maximum atomic E-state index is 13.6. The largest absolute Gasteiger partial charge is 0.457 e. The van der Waals surface area contributed by atoms with E-state index < -0.39 is 11.8 Å². The summed E-state index contributed by atoms with van der Waals surface area (Å²) in [5.74, 6) is -0.988. The molecule has 0 bridgehead atoms. The number of nitrogen functional groups attached to an aromatic ring is 1. The van der Waals surface area contributed by atoms with Gasteiger partial charge in [0.1, 0.15) is 12.4 Å². The van der Waals surface area contributed by atoms with E-state index in [1.165, 1.54) is 6.07 Å². The van der Waals surface area contributed by atoms with Gasteiger partial charge in [0.05, 0.1) is 5.56 Å². The van der Waals surface area contributed by atoms with E-state index in [0.717, 1.165) is 5.56 Å². The van der Waals surface area contributed by atoms with Crippen molar-refractivity contribution in [1.29, 1.82) is 0 Å². The molecule has 0 aromatic heterocycles. The van der Waals surface area contributed by atoms with Gasteiger partial charge in [-0.25, -0.2) is 9.18 Å². The number of nitrogens with two attached hydrogens (primary N) is 1. The Labute approximate surface area is 124 Å². The van der Waals surface area contributed by atoms with Gasteiger partial charge in [-0.3, -0.25) is 0 Å². The summed E-state index contributed by atoms with van der Waals surface area (Å²) >= 11 is 3.17. The van der Waals surface area contributed by atoms with Crippen molar-refractivity contribution in [2.24, 2.45) is 0 Å². The summed E-state index contributed by atoms with van der Waals surface area (Å²) in [6.45, 7) is 1.72. The minimum atomic E-state index is -0.562. The lowest BCUT2D eigenvalue weighted by atomic mass is 10.1. The molecule has 0 saturated carbocycles. The molecule has 0 atom stereocenters. The molecule has 0 unspecified atom stereocenters. The number of anilines is 1. The van der Waals surface area contributed by atoms with Crippen LogP contribution in [0.2, 0.25) is 0 Å². The van der Waals surface area contributed by atoms with Crippen LogP contribution in [-0.4, -0.2) is 5.97 Å². The fourth-order valence-electron chi connectivity index (χ4n) is 1.71. The summed E-state index contributed by atoms with van der Waals surface area (Å²) < 4.78 is 19.3. The SMILES string of the molecule is Cc1ccc(N)c(C(=O)OCc2ccc(Br)cc2F)c1. The van der Waals surface area contributed by atoms with E-state index in [0.29, 0.717) is 21.3 Å². The number of rotatable bonds is 3. The number of halogens is 2. The lowest BCUT2D eigenvalue weighted by molar-refractivity contribution is 0.0470. The fraction of sp³-hybridized carbons (Fsp3) is 0.133. The van der Waals surface area contributed by atoms with Crippen molar-refractivity contribution < 1.29 is 13.9 Å². The van der Waals surface area contributed by atoms with Gasteiger partial charge in [0, 0.05) is 15.7 Å². The smallest absolute Gasteiger partial charge is 0.340 e. The van der Waals surface area contributed by atoms with Gasteiger partial charge in [-0.2, -0.15) is 0 Å². The zero-order chi connectivity index (χ0) is 14.7. The normalized spacial score (nSPS) is 10.3. The maximum absolute atomic E-state index is 13.6. The van der Waals surface area contributed by atoms with Crippen LogP contribution in [0.5, 0.6) is 0 Å². The van der Waals surface area contributed by atoms with Crippen LogP contribution < -0.4 is 5.73 Å². The van der Waals surface area contributed by atoms with Crippen LogP contribution in [-0.2, 0) is 11.3 Å². The summed E-state index contributed by atoms with van der Waals surface area (Å²) in [4.78, 5) is 11.9. The zero-order valence-corrected chi connectivity index (χ0v) is 12.4. The number of ether oxygens (including phenoxy) is 1. The van der Waals surface area contributed by atoms with Crippen LogP contribution in [0.1, 0.15) is 21.5 Å². The summed E-state index contributed by atoms with van der Waals surface area (Å²) in [5.41, 5.74) is 7.58. The van der Waals surface area contributed by atoms with Gasteiger partial charge in [0.15, 0.2) is 0 Å². The Morgan fingerprint density at radius 2 is 2.05 bits per heavy atom. The second kappa shape index (κ2) is 6.05. The van der Waals surface area contributed by atoms with Crippen molar-refractivity contribution in [3.8, 4) is 0 Å². The number of hydrogen-bond donors (Lipinski definition) is 1. The third-order valence-electron chi connectivity index (χ3n) is 2.80. The first-order chi connectivity index (χ1) is 9.47. The van der Waals surface area contributed by atoms with Crippen LogP contribution >= 0.6 is 15.9 Å². The number of aryl methyl sites for hydroxylation is 1. The molecule has 0 amide bonds. The van der Waals surface area contributed by atoms with E-state index in [9.17, 15) is 9.18 Å². The Morgan fingerprint density at radius 1 is 1.30 bits per heavy atom. The summed E-state index contributed by atoms with van der Waals surface area (Å²) in [6, 6.07) is 9.67. The van der Waals surface area contributed by atoms with Gasteiger partial charge in [-0.15, -0.1) is 0 Å². The van der Waals surface area contributed by atoms with Crippen LogP contribution in [0.3, 0.4) is 0 Å². The van der Waals surface area contributed by atoms with Crippen LogP contribution in [0.4, 0.5) is 10.1 Å². The van der Waals surface area contributed by atoms with E-state index in [4.69, 9.17) is 10.5 Å². The molecule has 20 heavy (non-hydrogen) atoms. The summed E-state index contributed by atoms with van der Waals surface area (Å²) in [5, 5.41) is 0. The van der Waals surface area contributed by atoms with Crippen molar-refractivity contribution >= 4 is 27.6 Å². The monoisotopic (exact) mass is 337 g/mol. The Kier molecular flexibility index (Phi) is 4.39. The highest BCUT2D eigenvalue weighted by Crippen LogP contribution is 2.18. The van der Waals surface area contributed by atoms with E-state index >= 15 is 0 Å². The Morgan fingerprint density at radius 3 is 2.75 bits per heavy atom. The molecule has 3 nitrogen and oxygen atoms in total. The summed E-state index contributed by atoms with van der Waals surface area (Å²) in [6.07, 6.45) is 0. The van der Waals surface area contributed by atoms with E-state index in [-0.39, 0.29) is 6.61 Å². The molecule has 0 saturated heterocycles. The van der Waals surface area contributed by atoms with E-state index in [2.05, 4.69) is 15.9 Å². The highest BCUT2D eigenvalue weighted by molar-refractivity contribution is 9.10. The second-order valence-electron chi connectivity index (χ2n) is 4.40. The number of benzene rings is 2. The third-order valence-corrected chi connectivity index (χ3v) is 3.30. The number of hydrogen-bond acceptors (Lipinski definition) is 3. The molecular formula is C15H13BrFNO2. The minimum absolute atomic E-state index is 0.134. The highest BCUT2D eigenvalue weighted by Gasteiger charge is 2.13. The lowest BCUT2D eigenvalue weighted by Crippen LogP contribution is -2.09. The molecule has 2 rings (SSSR count). The Hall–Kier alpha value is -1.88. The van der Waals surface area contributed by atoms with Gasteiger partial charge in [0.25, 0.3) is 0 Å². The standard InChI is InChI=1S/C15H13BrFNO2/c1-9-2-5-14(18)12(6-9)15(19)20-8-10-3-4-11(16)7-13(10)17/h2-7H,8,18H2,1H3. The van der Waals surface area contributed by atoms with E-state index in [1.807, 2.05) is 6.92 Å². The van der Waals surface area contributed by atoms with Gasteiger partial charge in [0.2, 0.25) is 0 Å². The highest BCUT2D eigenvalue weighted by atomic mass is 79.9. The van der Waals surface area contributed by atoms with Crippen molar-refractivity contribution in [3.63, 3.8) is 0 Å². The molecule has 0 heterocycles. The first-order valence-corrected chi connectivity index (χ1v) is 6.74. The average molecular weight is 338 g/mol. The number of carbonyl (C=O) groups is 1. The zero-order valence-electron chi connectivity index (χ0n) is 10.8. The minimum Gasteiger partial charge on any atom is -0.457 e. The molecule has 0 aliphatic rings. The van der Waals surface area contributed by atoms with Crippen LogP contribution in [0.15, 0.2) is 40.9 Å². The topological polar surface area (TPSA) is 52.3 Å². The fourth-order valence-corrected chi connectivity index (χ4v) is 2.04. The van der Waals surface area contributed by atoms with Crippen LogP contribution in [0.25, 0.3) is 0 Å². The van der Waals surface area contributed by atoms with Crippen molar-refractivity contribution in [3.05, 3.63) is 63.4 Å². The average Bonchev–Trinajstić information content (AvgIpc) is 2.40. The molecule has 0 aliphatic carbocycles. The predicted molar refractivity (Wildman–Crippen MR) is 78.8 cm³/mol. The first-order valence-electron chi connectivity index (χ1n) is 5.94. The number of carbonyl (C=O) groups excluding carboxylic acids is 1. The van der Waals surface area contributed by atoms with Gasteiger partial charge < -0.3 is 10.5 Å². The molecule has 2 aromatic carbocycles. The Bertz CT molecular complexity index is 658. The molecule has 0 fully saturated rings. The quantitative estimate of drug-likeness (QED) is 0.683. The summed E-state index contributed by atoms with van der Waals surface area (Å²) in [7, 11) is 0. The molecule has 5 heteroatoms. The second-order valence-corrected chi connectivity index (χ2v) is 5.32. The lowest BCUT2D eigenvalue weighted by Gasteiger charge is -2.08. The van der Waals surface area contributed by atoms with Gasteiger partial charge >= 0.3 is 5.97 Å². The molecule has 0 spiro atoms. The predicted octanol–water partition coefficient (Wildman–Crippen LogP) is 3.84. The van der Waals surface area contributed by atoms with Gasteiger partial charge in [-0.05, 0) is 31.2 Å². The molecule has 2 aromatic rings. The molecular weight excluding hydrogens is 325 g/mol. The van der Waals surface area contributed by atoms with E-state index in [1.54, 1.807) is 30.3 Å². The van der Waals surface area contributed by atoms with Gasteiger partial charge in [-0.1, -0.05) is 33.6 Å². The van der Waals surface area contributed by atoms with Crippen molar-refractivity contribution in [1.82, 2.24) is 0 Å². The first kappa shape index (κ1) is 14.5. The third kappa shape index (κ3) is 3.36. The molecule has 2 N–H and O–H groups in total. The number of esters is 1. The Balaban J connectivity index is 2.10. The molecule has 104 valence electrons. The van der Waals surface area contributed by atoms with Crippen molar-refractivity contribution in [2.45, 2.75) is 13.5 Å². The van der Waals surface area contributed by atoms with Crippen molar-refractivity contribution in [2.75, 3.05) is 5.73 Å². The van der Waals surface area contributed by atoms with Crippen LogP contribution in [0, 0.1) is 12.7 Å². The molecule has 0 aliphatic heterocycles.